The van der Waals surface area contributed by atoms with Crippen molar-refractivity contribution in [3.05, 3.63) is 11.8 Å². The van der Waals surface area contributed by atoms with Gasteiger partial charge in [-0.25, -0.2) is 0 Å². The Balaban J connectivity index is 1.85. The molecular formula is C13H23N3O. The fourth-order valence-electron chi connectivity index (χ4n) is 2.52. The summed E-state index contributed by atoms with van der Waals surface area (Å²) in [5.41, 5.74) is 0. The highest BCUT2D eigenvalue weighted by atomic mass is 16.4. The second-order valence-corrected chi connectivity index (χ2v) is 5.27. The molecule has 1 saturated carbocycles. The Morgan fingerprint density at radius 2 is 1.82 bits per heavy atom. The lowest BCUT2D eigenvalue weighted by atomic mass is 9.87. The molecule has 0 unspecified atom stereocenters. The third-order valence-corrected chi connectivity index (χ3v) is 3.80. The largest absolute Gasteiger partial charge is 0.424 e. The summed E-state index contributed by atoms with van der Waals surface area (Å²) in [4.78, 5) is 2.36. The van der Waals surface area contributed by atoms with Gasteiger partial charge in [-0.3, -0.25) is 4.90 Å². The number of rotatable bonds is 4. The first-order valence-corrected chi connectivity index (χ1v) is 6.70. The van der Waals surface area contributed by atoms with E-state index in [0.717, 1.165) is 30.7 Å². The van der Waals surface area contributed by atoms with Crippen molar-refractivity contribution in [2.45, 2.75) is 58.5 Å². The minimum atomic E-state index is 0.683. The molecule has 4 heteroatoms. The van der Waals surface area contributed by atoms with Gasteiger partial charge in [-0.1, -0.05) is 13.8 Å². The fraction of sp³-hybridized carbons (Fsp3) is 0.846. The van der Waals surface area contributed by atoms with Gasteiger partial charge in [-0.2, -0.15) is 0 Å². The van der Waals surface area contributed by atoms with Crippen LogP contribution in [0.5, 0.6) is 0 Å². The number of aromatic nitrogens is 2. The summed E-state index contributed by atoms with van der Waals surface area (Å²) in [5.74, 6) is 2.39. The van der Waals surface area contributed by atoms with E-state index in [-0.39, 0.29) is 0 Å². The first-order valence-electron chi connectivity index (χ1n) is 6.70. The van der Waals surface area contributed by atoms with E-state index in [1.54, 1.807) is 0 Å². The molecule has 0 N–H and O–H groups in total. The van der Waals surface area contributed by atoms with E-state index in [9.17, 15) is 0 Å². The van der Waals surface area contributed by atoms with Crippen LogP contribution < -0.4 is 0 Å². The minimum Gasteiger partial charge on any atom is -0.424 e. The predicted molar refractivity (Wildman–Crippen MR) is 66.6 cm³/mol. The van der Waals surface area contributed by atoms with Crippen molar-refractivity contribution in [3.63, 3.8) is 0 Å². The van der Waals surface area contributed by atoms with Gasteiger partial charge in [0.2, 0.25) is 11.8 Å². The third kappa shape index (κ3) is 3.28. The van der Waals surface area contributed by atoms with Crippen LogP contribution in [0.25, 0.3) is 0 Å². The van der Waals surface area contributed by atoms with Crippen molar-refractivity contribution in [1.82, 2.24) is 15.1 Å². The molecular weight excluding hydrogens is 214 g/mol. The van der Waals surface area contributed by atoms with Crippen LogP contribution in [0.15, 0.2) is 4.42 Å². The highest BCUT2D eigenvalue weighted by Crippen LogP contribution is 2.27. The van der Waals surface area contributed by atoms with E-state index in [2.05, 4.69) is 29.1 Å². The molecule has 0 bridgehead atoms. The topological polar surface area (TPSA) is 42.2 Å². The van der Waals surface area contributed by atoms with Gasteiger partial charge < -0.3 is 4.42 Å². The van der Waals surface area contributed by atoms with Crippen LogP contribution in [-0.4, -0.2) is 28.2 Å². The van der Waals surface area contributed by atoms with Crippen LogP contribution in [0.4, 0.5) is 0 Å². The lowest BCUT2D eigenvalue weighted by Crippen LogP contribution is -2.34. The van der Waals surface area contributed by atoms with Gasteiger partial charge >= 0.3 is 0 Å². The standard InChI is InChI=1S/C13H23N3O/c1-4-12-14-15-13(17-12)9-16(3)11-7-5-10(2)6-8-11/h10-11H,4-9H2,1-3H3. The summed E-state index contributed by atoms with van der Waals surface area (Å²) in [6.07, 6.45) is 6.11. The number of aryl methyl sites for hydroxylation is 1. The smallest absolute Gasteiger partial charge is 0.230 e. The van der Waals surface area contributed by atoms with Crippen molar-refractivity contribution in [3.8, 4) is 0 Å². The molecule has 1 heterocycles. The summed E-state index contributed by atoms with van der Waals surface area (Å²) in [6.45, 7) is 5.16. The third-order valence-electron chi connectivity index (χ3n) is 3.80. The maximum absolute atomic E-state index is 5.55. The number of hydrogen-bond acceptors (Lipinski definition) is 4. The lowest BCUT2D eigenvalue weighted by molar-refractivity contribution is 0.151. The van der Waals surface area contributed by atoms with Crippen molar-refractivity contribution in [1.29, 1.82) is 0 Å². The molecule has 0 spiro atoms. The maximum Gasteiger partial charge on any atom is 0.230 e. The lowest BCUT2D eigenvalue weighted by Gasteiger charge is -2.32. The Morgan fingerprint density at radius 1 is 1.18 bits per heavy atom. The summed E-state index contributed by atoms with van der Waals surface area (Å²) >= 11 is 0. The van der Waals surface area contributed by atoms with Crippen LogP contribution >= 0.6 is 0 Å². The van der Waals surface area contributed by atoms with Crippen LogP contribution in [0.2, 0.25) is 0 Å². The van der Waals surface area contributed by atoms with Crippen LogP contribution in [0, 0.1) is 5.92 Å². The number of nitrogens with zero attached hydrogens (tertiary/aromatic N) is 3. The van der Waals surface area contributed by atoms with Gasteiger partial charge in [0.1, 0.15) is 0 Å². The van der Waals surface area contributed by atoms with Crippen LogP contribution in [0.1, 0.15) is 51.3 Å². The van der Waals surface area contributed by atoms with Gasteiger partial charge in [0, 0.05) is 12.5 Å². The highest BCUT2D eigenvalue weighted by Gasteiger charge is 2.22. The number of hydrogen-bond donors (Lipinski definition) is 0. The maximum atomic E-state index is 5.55. The highest BCUT2D eigenvalue weighted by molar-refractivity contribution is 4.84. The molecule has 4 nitrogen and oxygen atoms in total. The van der Waals surface area contributed by atoms with E-state index < -0.39 is 0 Å². The molecule has 1 aromatic rings. The molecule has 1 aliphatic rings. The molecule has 17 heavy (non-hydrogen) atoms. The molecule has 0 atom stereocenters. The van der Waals surface area contributed by atoms with E-state index in [1.807, 2.05) is 6.92 Å². The SMILES string of the molecule is CCc1nnc(CN(C)C2CCC(C)CC2)o1. The second kappa shape index (κ2) is 5.63. The zero-order chi connectivity index (χ0) is 12.3. The summed E-state index contributed by atoms with van der Waals surface area (Å²) in [5, 5.41) is 8.08. The van der Waals surface area contributed by atoms with Crippen molar-refractivity contribution in [2.24, 2.45) is 5.92 Å². The van der Waals surface area contributed by atoms with Crippen molar-refractivity contribution < 1.29 is 4.42 Å². The molecule has 1 aromatic heterocycles. The monoisotopic (exact) mass is 237 g/mol. The van der Waals surface area contributed by atoms with Crippen LogP contribution in [-0.2, 0) is 13.0 Å². The minimum absolute atomic E-state index is 0.683. The Kier molecular flexibility index (Phi) is 4.15. The van der Waals surface area contributed by atoms with E-state index >= 15 is 0 Å². The predicted octanol–water partition coefficient (Wildman–Crippen LogP) is 2.64. The van der Waals surface area contributed by atoms with Crippen molar-refractivity contribution in [2.75, 3.05) is 7.05 Å². The average Bonchev–Trinajstić information content (AvgIpc) is 2.77. The van der Waals surface area contributed by atoms with Gasteiger partial charge in [0.15, 0.2) is 0 Å². The van der Waals surface area contributed by atoms with Crippen LogP contribution in [0.3, 0.4) is 0 Å². The molecule has 1 fully saturated rings. The molecule has 1 aliphatic carbocycles. The quantitative estimate of drug-likeness (QED) is 0.807. The zero-order valence-electron chi connectivity index (χ0n) is 11.1. The average molecular weight is 237 g/mol. The first kappa shape index (κ1) is 12.6. The normalized spacial score (nSPS) is 25.4. The molecule has 0 radical (unpaired) electrons. The Bertz CT molecular complexity index is 342. The molecule has 96 valence electrons. The zero-order valence-corrected chi connectivity index (χ0v) is 11.1. The van der Waals surface area contributed by atoms with E-state index in [4.69, 9.17) is 4.42 Å². The molecule has 0 saturated heterocycles. The fourth-order valence-corrected chi connectivity index (χ4v) is 2.52. The summed E-state index contributed by atoms with van der Waals surface area (Å²) in [6, 6.07) is 0.683. The van der Waals surface area contributed by atoms with Crippen molar-refractivity contribution >= 4 is 0 Å². The molecule has 2 rings (SSSR count). The Labute approximate surface area is 103 Å². The summed E-state index contributed by atoms with van der Waals surface area (Å²) in [7, 11) is 2.16. The Hall–Kier alpha value is -0.900. The van der Waals surface area contributed by atoms with Gasteiger partial charge in [0.25, 0.3) is 0 Å². The van der Waals surface area contributed by atoms with Gasteiger partial charge in [-0.05, 0) is 38.6 Å². The van der Waals surface area contributed by atoms with E-state index in [0.29, 0.717) is 6.04 Å². The van der Waals surface area contributed by atoms with Gasteiger partial charge in [-0.15, -0.1) is 10.2 Å². The first-order chi connectivity index (χ1) is 8.19. The summed E-state index contributed by atoms with van der Waals surface area (Å²) < 4.78 is 5.55. The second-order valence-electron chi connectivity index (χ2n) is 5.27. The molecule has 0 aliphatic heterocycles. The molecule has 0 aromatic carbocycles. The van der Waals surface area contributed by atoms with Gasteiger partial charge in [0.05, 0.1) is 6.54 Å². The molecule has 0 amide bonds. The van der Waals surface area contributed by atoms with E-state index in [1.165, 1.54) is 25.7 Å². The Morgan fingerprint density at radius 3 is 2.41 bits per heavy atom.